The van der Waals surface area contributed by atoms with Crippen molar-refractivity contribution >= 4 is 0 Å². The molecule has 0 radical (unpaired) electrons. The Hall–Kier alpha value is -0.120. The Balaban J connectivity index is 2.20. The molecule has 106 valence electrons. The van der Waals surface area contributed by atoms with E-state index in [2.05, 4.69) is 51.3 Å². The van der Waals surface area contributed by atoms with E-state index in [1.165, 1.54) is 19.4 Å². The van der Waals surface area contributed by atoms with Gasteiger partial charge >= 0.3 is 0 Å². The summed E-state index contributed by atoms with van der Waals surface area (Å²) < 4.78 is 6.23. The highest BCUT2D eigenvalue weighted by atomic mass is 16.5. The Morgan fingerprint density at radius 1 is 0.944 bits per heavy atom. The first-order chi connectivity index (χ1) is 8.15. The highest BCUT2D eigenvalue weighted by Crippen LogP contribution is 2.39. The van der Waals surface area contributed by atoms with Crippen molar-refractivity contribution in [2.24, 2.45) is 0 Å². The van der Waals surface area contributed by atoms with Crippen molar-refractivity contribution in [2.45, 2.75) is 71.2 Å². The van der Waals surface area contributed by atoms with Crippen molar-refractivity contribution in [3.63, 3.8) is 0 Å². The number of nitrogens with zero attached hydrogens (tertiary/aromatic N) is 2. The lowest BCUT2D eigenvalue weighted by Gasteiger charge is -2.52. The molecule has 0 aromatic rings. The third-order valence-corrected chi connectivity index (χ3v) is 4.37. The van der Waals surface area contributed by atoms with Crippen LogP contribution in [0.1, 0.15) is 54.4 Å². The van der Waals surface area contributed by atoms with Gasteiger partial charge in [-0.3, -0.25) is 9.80 Å². The monoisotopic (exact) mass is 254 g/mol. The fourth-order valence-corrected chi connectivity index (χ4v) is 3.47. The molecule has 0 aromatic carbocycles. The molecular formula is C15H30N2O. The standard InChI is InChI=1S/C15H30N2O/c1-13(2,3)16-9-7-8-15(12-16)17(10-11-18-15)14(4,5)6/h7-12H2,1-6H3. The summed E-state index contributed by atoms with van der Waals surface area (Å²) >= 11 is 0. The number of hydrogen-bond acceptors (Lipinski definition) is 3. The summed E-state index contributed by atoms with van der Waals surface area (Å²) in [7, 11) is 0. The minimum atomic E-state index is -0.0379. The Labute approximate surface area is 112 Å². The van der Waals surface area contributed by atoms with Gasteiger partial charge in [0, 0.05) is 24.2 Å². The number of hydrogen-bond donors (Lipinski definition) is 0. The first-order valence-electron chi connectivity index (χ1n) is 7.32. The van der Waals surface area contributed by atoms with Gasteiger partial charge in [0.05, 0.1) is 6.61 Å². The summed E-state index contributed by atoms with van der Waals surface area (Å²) in [4.78, 5) is 5.17. The fourth-order valence-electron chi connectivity index (χ4n) is 3.47. The van der Waals surface area contributed by atoms with E-state index < -0.39 is 0 Å². The fraction of sp³-hybridized carbons (Fsp3) is 1.00. The van der Waals surface area contributed by atoms with Gasteiger partial charge in [-0.2, -0.15) is 0 Å². The van der Waals surface area contributed by atoms with Gasteiger partial charge in [-0.1, -0.05) is 0 Å². The topological polar surface area (TPSA) is 15.7 Å². The summed E-state index contributed by atoms with van der Waals surface area (Å²) in [5.74, 6) is 0. The van der Waals surface area contributed by atoms with E-state index in [0.29, 0.717) is 0 Å². The van der Waals surface area contributed by atoms with Crippen molar-refractivity contribution in [2.75, 3.05) is 26.2 Å². The minimum Gasteiger partial charge on any atom is -0.358 e. The average molecular weight is 254 g/mol. The summed E-state index contributed by atoms with van der Waals surface area (Å²) in [6.45, 7) is 18.0. The molecule has 2 aliphatic rings. The van der Waals surface area contributed by atoms with Gasteiger partial charge in [-0.15, -0.1) is 0 Å². The lowest BCUT2D eigenvalue weighted by atomic mass is 9.91. The van der Waals surface area contributed by atoms with E-state index in [9.17, 15) is 0 Å². The predicted molar refractivity (Wildman–Crippen MR) is 75.7 cm³/mol. The molecule has 3 nitrogen and oxygen atoms in total. The van der Waals surface area contributed by atoms with Gasteiger partial charge in [-0.05, 0) is 60.9 Å². The van der Waals surface area contributed by atoms with Crippen LogP contribution in [0.4, 0.5) is 0 Å². The van der Waals surface area contributed by atoms with E-state index in [1.54, 1.807) is 0 Å². The van der Waals surface area contributed by atoms with E-state index in [-0.39, 0.29) is 16.8 Å². The van der Waals surface area contributed by atoms with E-state index in [0.717, 1.165) is 19.7 Å². The summed E-state index contributed by atoms with van der Waals surface area (Å²) in [6.07, 6.45) is 2.42. The van der Waals surface area contributed by atoms with Crippen LogP contribution in [0.25, 0.3) is 0 Å². The Morgan fingerprint density at radius 3 is 2.17 bits per heavy atom. The largest absolute Gasteiger partial charge is 0.358 e. The molecule has 3 heteroatoms. The zero-order chi connectivity index (χ0) is 13.6. The Bertz CT molecular complexity index is 303. The Kier molecular flexibility index (Phi) is 3.54. The van der Waals surface area contributed by atoms with Crippen molar-refractivity contribution in [1.29, 1.82) is 0 Å². The first-order valence-corrected chi connectivity index (χ1v) is 7.32. The molecule has 1 spiro atoms. The highest BCUT2D eigenvalue weighted by Gasteiger charge is 2.50. The SMILES string of the molecule is CC(C)(C)N1CCCC2(C1)OCCN2C(C)(C)C. The first kappa shape index (κ1) is 14.3. The van der Waals surface area contributed by atoms with Crippen LogP contribution >= 0.6 is 0 Å². The van der Waals surface area contributed by atoms with Crippen LogP contribution in [0, 0.1) is 0 Å². The van der Waals surface area contributed by atoms with Crippen LogP contribution in [0.2, 0.25) is 0 Å². The van der Waals surface area contributed by atoms with Crippen molar-refractivity contribution in [3.05, 3.63) is 0 Å². The van der Waals surface area contributed by atoms with E-state index in [4.69, 9.17) is 4.74 Å². The quantitative estimate of drug-likeness (QED) is 0.661. The molecule has 2 saturated heterocycles. The zero-order valence-corrected chi connectivity index (χ0v) is 13.0. The van der Waals surface area contributed by atoms with E-state index in [1.807, 2.05) is 0 Å². The van der Waals surface area contributed by atoms with Crippen molar-refractivity contribution < 1.29 is 4.74 Å². The molecule has 1 unspecified atom stereocenters. The lowest BCUT2D eigenvalue weighted by molar-refractivity contribution is -0.161. The zero-order valence-electron chi connectivity index (χ0n) is 13.0. The number of ether oxygens (including phenoxy) is 1. The van der Waals surface area contributed by atoms with Crippen LogP contribution in [-0.2, 0) is 4.74 Å². The van der Waals surface area contributed by atoms with Gasteiger partial charge in [-0.25, -0.2) is 0 Å². The summed E-state index contributed by atoms with van der Waals surface area (Å²) in [5.41, 5.74) is 0.393. The second-order valence-electron chi connectivity index (χ2n) is 7.81. The van der Waals surface area contributed by atoms with Crippen LogP contribution < -0.4 is 0 Å². The van der Waals surface area contributed by atoms with Gasteiger partial charge in [0.1, 0.15) is 5.72 Å². The van der Waals surface area contributed by atoms with Gasteiger partial charge in [0.15, 0.2) is 0 Å². The molecule has 0 aromatic heterocycles. The molecule has 0 N–H and O–H groups in total. The number of rotatable bonds is 0. The molecule has 2 rings (SSSR count). The van der Waals surface area contributed by atoms with Crippen LogP contribution in [-0.4, -0.2) is 52.8 Å². The molecule has 1 atom stereocenters. The molecular weight excluding hydrogens is 224 g/mol. The predicted octanol–water partition coefficient (Wildman–Crippen LogP) is 2.71. The number of likely N-dealkylation sites (tertiary alicyclic amines) is 1. The summed E-state index contributed by atoms with van der Waals surface area (Å²) in [5, 5.41) is 0. The van der Waals surface area contributed by atoms with Crippen molar-refractivity contribution in [3.8, 4) is 0 Å². The molecule has 0 amide bonds. The van der Waals surface area contributed by atoms with Crippen LogP contribution in [0.3, 0.4) is 0 Å². The van der Waals surface area contributed by atoms with Gasteiger partial charge in [0.2, 0.25) is 0 Å². The minimum absolute atomic E-state index is 0.0379. The molecule has 0 bridgehead atoms. The third-order valence-electron chi connectivity index (χ3n) is 4.37. The summed E-state index contributed by atoms with van der Waals surface area (Å²) in [6, 6.07) is 0. The smallest absolute Gasteiger partial charge is 0.135 e. The molecule has 0 saturated carbocycles. The maximum absolute atomic E-state index is 6.23. The third kappa shape index (κ3) is 2.59. The Morgan fingerprint density at radius 2 is 1.61 bits per heavy atom. The second-order valence-corrected chi connectivity index (χ2v) is 7.81. The molecule has 2 heterocycles. The molecule has 18 heavy (non-hydrogen) atoms. The van der Waals surface area contributed by atoms with Crippen LogP contribution in [0.5, 0.6) is 0 Å². The lowest BCUT2D eigenvalue weighted by Crippen LogP contribution is -2.63. The van der Waals surface area contributed by atoms with Crippen molar-refractivity contribution in [1.82, 2.24) is 9.80 Å². The van der Waals surface area contributed by atoms with Crippen LogP contribution in [0.15, 0.2) is 0 Å². The van der Waals surface area contributed by atoms with E-state index >= 15 is 0 Å². The molecule has 2 aliphatic heterocycles. The molecule has 0 aliphatic carbocycles. The molecule has 2 fully saturated rings. The second kappa shape index (κ2) is 4.46. The number of piperidine rings is 1. The normalized spacial score (nSPS) is 32.3. The maximum atomic E-state index is 6.23. The maximum Gasteiger partial charge on any atom is 0.135 e. The van der Waals surface area contributed by atoms with Gasteiger partial charge in [0.25, 0.3) is 0 Å². The average Bonchev–Trinajstić information content (AvgIpc) is 2.60. The van der Waals surface area contributed by atoms with Gasteiger partial charge < -0.3 is 4.74 Å². The highest BCUT2D eigenvalue weighted by molar-refractivity contribution is 4.99.